The summed E-state index contributed by atoms with van der Waals surface area (Å²) in [4.78, 5) is 19.0. The van der Waals surface area contributed by atoms with E-state index in [2.05, 4.69) is 0 Å². The lowest BCUT2D eigenvalue weighted by Gasteiger charge is -2.08. The van der Waals surface area contributed by atoms with E-state index in [1.807, 2.05) is 0 Å². The third-order valence-electron chi connectivity index (χ3n) is 3.38. The molecule has 0 amide bonds. The van der Waals surface area contributed by atoms with Gasteiger partial charge in [0.2, 0.25) is 11.6 Å². The summed E-state index contributed by atoms with van der Waals surface area (Å²) < 4.78 is 78.3. The molecular formula is C14H8F4N2O6S. The van der Waals surface area contributed by atoms with Gasteiger partial charge in [0.05, 0.1) is 21.4 Å². The largest absolute Gasteiger partial charge is 0.305 e. The predicted octanol–water partition coefficient (Wildman–Crippen LogP) is 3.17. The van der Waals surface area contributed by atoms with Crippen LogP contribution in [0.5, 0.6) is 0 Å². The van der Waals surface area contributed by atoms with E-state index in [4.69, 9.17) is 0 Å². The third kappa shape index (κ3) is 4.55. The first kappa shape index (κ1) is 20.2. The van der Waals surface area contributed by atoms with E-state index in [9.17, 15) is 46.2 Å². The fourth-order valence-corrected chi connectivity index (χ4v) is 3.68. The number of nitro groups is 2. The Hall–Kier alpha value is -3.09. The van der Waals surface area contributed by atoms with Crippen LogP contribution in [0, 0.1) is 43.5 Å². The molecule has 0 saturated carbocycles. The maximum absolute atomic E-state index is 13.7. The second kappa shape index (κ2) is 7.26. The van der Waals surface area contributed by atoms with Crippen LogP contribution in [-0.4, -0.2) is 18.3 Å². The number of halogens is 4. The number of rotatable bonds is 6. The standard InChI is InChI=1S/C14H8F4N2O6S/c15-9-3-11(17)13(19(21)22)1-7(9)5-27(25,26)6-8-2-14(20(23)24)12(18)4-10(8)16/h1-4H,5-6H2. The van der Waals surface area contributed by atoms with Gasteiger partial charge in [-0.15, -0.1) is 0 Å². The SMILES string of the molecule is O=[N+]([O-])c1cc(CS(=O)(=O)Cc2cc([N+](=O)[O-])c(F)cc2F)c(F)cc1F. The zero-order valence-electron chi connectivity index (χ0n) is 13.0. The summed E-state index contributed by atoms with van der Waals surface area (Å²) in [6, 6.07) is 1.02. The highest BCUT2D eigenvalue weighted by molar-refractivity contribution is 7.89. The van der Waals surface area contributed by atoms with E-state index in [1.165, 1.54) is 0 Å². The minimum atomic E-state index is -4.41. The lowest BCUT2D eigenvalue weighted by Crippen LogP contribution is -2.11. The Kier molecular flexibility index (Phi) is 5.44. The van der Waals surface area contributed by atoms with Gasteiger partial charge in [0, 0.05) is 35.4 Å². The second-order valence-corrected chi connectivity index (χ2v) is 7.40. The molecule has 13 heteroatoms. The molecule has 0 unspecified atom stereocenters. The number of hydrogen-bond donors (Lipinski definition) is 0. The van der Waals surface area contributed by atoms with Gasteiger partial charge in [0.25, 0.3) is 0 Å². The second-order valence-electron chi connectivity index (χ2n) is 5.34. The van der Waals surface area contributed by atoms with E-state index < -0.39 is 77.0 Å². The van der Waals surface area contributed by atoms with Crippen molar-refractivity contribution in [2.45, 2.75) is 11.5 Å². The van der Waals surface area contributed by atoms with Gasteiger partial charge in [0.15, 0.2) is 9.84 Å². The van der Waals surface area contributed by atoms with Crippen molar-refractivity contribution < 1.29 is 35.8 Å². The van der Waals surface area contributed by atoms with Crippen LogP contribution in [0.1, 0.15) is 11.1 Å². The van der Waals surface area contributed by atoms with Crippen molar-refractivity contribution in [3.8, 4) is 0 Å². The third-order valence-corrected chi connectivity index (χ3v) is 4.88. The Labute approximate surface area is 148 Å². The number of sulfone groups is 1. The lowest BCUT2D eigenvalue weighted by molar-refractivity contribution is -0.387. The van der Waals surface area contributed by atoms with Gasteiger partial charge in [0.1, 0.15) is 11.6 Å². The van der Waals surface area contributed by atoms with Crippen molar-refractivity contribution in [2.24, 2.45) is 0 Å². The van der Waals surface area contributed by atoms with Gasteiger partial charge in [-0.1, -0.05) is 0 Å². The van der Waals surface area contributed by atoms with Gasteiger partial charge in [-0.05, 0) is 0 Å². The van der Waals surface area contributed by atoms with E-state index in [0.717, 1.165) is 0 Å². The normalized spacial score (nSPS) is 11.4. The van der Waals surface area contributed by atoms with E-state index in [0.29, 0.717) is 12.1 Å². The van der Waals surface area contributed by atoms with E-state index in [-0.39, 0.29) is 12.1 Å². The Morgan fingerprint density at radius 3 is 1.33 bits per heavy atom. The molecule has 0 aromatic heterocycles. The van der Waals surface area contributed by atoms with Crippen LogP contribution in [0.4, 0.5) is 28.9 Å². The summed E-state index contributed by atoms with van der Waals surface area (Å²) in [5, 5.41) is 21.3. The van der Waals surface area contributed by atoms with Crippen molar-refractivity contribution in [3.63, 3.8) is 0 Å². The average molecular weight is 408 g/mol. The summed E-state index contributed by atoms with van der Waals surface area (Å²) >= 11 is 0. The van der Waals surface area contributed by atoms with Crippen molar-refractivity contribution in [1.29, 1.82) is 0 Å². The van der Waals surface area contributed by atoms with Crippen molar-refractivity contribution in [1.82, 2.24) is 0 Å². The highest BCUT2D eigenvalue weighted by Crippen LogP contribution is 2.26. The summed E-state index contributed by atoms with van der Waals surface area (Å²) in [7, 11) is -4.41. The van der Waals surface area contributed by atoms with Crippen LogP contribution in [0.2, 0.25) is 0 Å². The first-order valence-electron chi connectivity index (χ1n) is 6.86. The molecule has 0 heterocycles. The Morgan fingerprint density at radius 1 is 0.704 bits per heavy atom. The molecule has 27 heavy (non-hydrogen) atoms. The molecule has 2 aromatic carbocycles. The van der Waals surface area contributed by atoms with Crippen LogP contribution in [-0.2, 0) is 21.3 Å². The molecule has 0 fully saturated rings. The Balaban J connectivity index is 2.39. The maximum Gasteiger partial charge on any atom is 0.305 e. The quantitative estimate of drug-likeness (QED) is 0.411. The minimum absolute atomic E-state index is 0.131. The van der Waals surface area contributed by atoms with E-state index in [1.54, 1.807) is 0 Å². The zero-order chi connectivity index (χ0) is 20.5. The summed E-state index contributed by atoms with van der Waals surface area (Å²) in [5.41, 5.74) is -3.82. The molecule has 0 radical (unpaired) electrons. The van der Waals surface area contributed by atoms with Gasteiger partial charge in [-0.25, -0.2) is 17.2 Å². The molecular weight excluding hydrogens is 400 g/mol. The van der Waals surface area contributed by atoms with Crippen molar-refractivity contribution in [2.75, 3.05) is 0 Å². The number of hydrogen-bond acceptors (Lipinski definition) is 6. The first-order chi connectivity index (χ1) is 12.4. The topological polar surface area (TPSA) is 120 Å². The molecule has 0 aliphatic heterocycles. The molecule has 144 valence electrons. The van der Waals surface area contributed by atoms with Crippen LogP contribution < -0.4 is 0 Å². The first-order valence-corrected chi connectivity index (χ1v) is 8.68. The summed E-state index contributed by atoms with van der Waals surface area (Å²) in [6.07, 6.45) is 0. The van der Waals surface area contributed by atoms with Gasteiger partial charge in [-0.3, -0.25) is 20.2 Å². The molecule has 8 nitrogen and oxygen atoms in total. The maximum atomic E-state index is 13.7. The van der Waals surface area contributed by atoms with Crippen LogP contribution in [0.15, 0.2) is 24.3 Å². The van der Waals surface area contributed by atoms with Gasteiger partial charge < -0.3 is 0 Å². The molecule has 0 bridgehead atoms. The molecule has 0 aliphatic rings. The fraction of sp³-hybridized carbons (Fsp3) is 0.143. The van der Waals surface area contributed by atoms with Gasteiger partial charge >= 0.3 is 11.4 Å². The number of benzene rings is 2. The molecule has 0 spiro atoms. The highest BCUT2D eigenvalue weighted by Gasteiger charge is 2.25. The lowest BCUT2D eigenvalue weighted by atomic mass is 10.2. The minimum Gasteiger partial charge on any atom is -0.258 e. The van der Waals surface area contributed by atoms with Crippen LogP contribution in [0.3, 0.4) is 0 Å². The highest BCUT2D eigenvalue weighted by atomic mass is 32.2. The Morgan fingerprint density at radius 2 is 1.04 bits per heavy atom. The van der Waals surface area contributed by atoms with Crippen molar-refractivity contribution in [3.05, 3.63) is 78.9 Å². The van der Waals surface area contributed by atoms with E-state index >= 15 is 0 Å². The number of nitro benzene ring substituents is 2. The molecule has 0 atom stereocenters. The summed E-state index contributed by atoms with van der Waals surface area (Å²) in [6.45, 7) is 0. The summed E-state index contributed by atoms with van der Waals surface area (Å²) in [5.74, 6) is -8.15. The molecule has 2 aromatic rings. The molecule has 0 N–H and O–H groups in total. The van der Waals surface area contributed by atoms with Crippen molar-refractivity contribution >= 4 is 21.2 Å². The monoisotopic (exact) mass is 408 g/mol. The fourth-order valence-electron chi connectivity index (χ4n) is 2.19. The van der Waals surface area contributed by atoms with Gasteiger partial charge in [-0.2, -0.15) is 8.78 Å². The molecule has 2 rings (SSSR count). The average Bonchev–Trinajstić information content (AvgIpc) is 2.51. The van der Waals surface area contributed by atoms with Crippen LogP contribution in [0.25, 0.3) is 0 Å². The smallest absolute Gasteiger partial charge is 0.258 e. The molecule has 0 saturated heterocycles. The molecule has 0 aliphatic carbocycles. The Bertz CT molecular complexity index is 981. The van der Waals surface area contributed by atoms with Crippen LogP contribution >= 0.6 is 0 Å². The predicted molar refractivity (Wildman–Crippen MR) is 82.4 cm³/mol. The number of nitrogens with zero attached hydrogens (tertiary/aromatic N) is 2. The zero-order valence-corrected chi connectivity index (χ0v) is 13.8.